The maximum absolute atomic E-state index is 13.5. The monoisotopic (exact) mass is 483 g/mol. The number of carbonyl (C=O) groups excluding carboxylic acids is 1. The summed E-state index contributed by atoms with van der Waals surface area (Å²) < 4.78 is 24.9. The Kier molecular flexibility index (Phi) is 6.75. The summed E-state index contributed by atoms with van der Waals surface area (Å²) in [6, 6.07) is 5.54. The average molecular weight is 484 g/mol. The Morgan fingerprint density at radius 1 is 1.09 bits per heavy atom. The number of rotatable bonds is 7. The SMILES string of the molecule is COc1cc2cn(CC(=O)c3cc(N4CCOCC4)c(OC)c(C(C)(C)C)c3)c(=N)n2nc1OC. The molecule has 3 heterocycles. The van der Waals surface area contributed by atoms with E-state index in [0.717, 1.165) is 30.1 Å². The second-order valence-electron chi connectivity index (χ2n) is 9.49. The van der Waals surface area contributed by atoms with E-state index in [0.29, 0.717) is 30.0 Å². The van der Waals surface area contributed by atoms with Crippen LogP contribution in [0.2, 0.25) is 0 Å². The van der Waals surface area contributed by atoms with Crippen LogP contribution in [0.15, 0.2) is 24.4 Å². The van der Waals surface area contributed by atoms with E-state index in [1.165, 1.54) is 18.7 Å². The summed E-state index contributed by atoms with van der Waals surface area (Å²) in [5.41, 5.74) is 2.87. The van der Waals surface area contributed by atoms with Gasteiger partial charge < -0.3 is 28.4 Å². The first-order valence-corrected chi connectivity index (χ1v) is 11.5. The van der Waals surface area contributed by atoms with Crippen LogP contribution in [0.25, 0.3) is 5.52 Å². The van der Waals surface area contributed by atoms with E-state index in [4.69, 9.17) is 24.4 Å². The lowest BCUT2D eigenvalue weighted by atomic mass is 9.84. The van der Waals surface area contributed by atoms with E-state index in [1.54, 1.807) is 23.9 Å². The third kappa shape index (κ3) is 4.70. The molecule has 0 aliphatic carbocycles. The third-order valence-electron chi connectivity index (χ3n) is 6.17. The van der Waals surface area contributed by atoms with E-state index in [2.05, 4.69) is 30.8 Å². The lowest BCUT2D eigenvalue weighted by molar-refractivity contribution is 0.0970. The van der Waals surface area contributed by atoms with Gasteiger partial charge in [-0.25, -0.2) is 0 Å². The van der Waals surface area contributed by atoms with Crippen LogP contribution in [0.3, 0.4) is 0 Å². The molecule has 4 rings (SSSR count). The molecule has 1 aliphatic rings. The largest absolute Gasteiger partial charge is 0.494 e. The van der Waals surface area contributed by atoms with Gasteiger partial charge in [-0.1, -0.05) is 20.8 Å². The predicted octanol–water partition coefficient (Wildman–Crippen LogP) is 2.66. The number of benzene rings is 1. The molecule has 3 aromatic rings. The summed E-state index contributed by atoms with van der Waals surface area (Å²) in [4.78, 5) is 15.7. The molecule has 2 aromatic heterocycles. The maximum Gasteiger partial charge on any atom is 0.274 e. The number of aromatic nitrogens is 3. The molecular formula is C25H33N5O5. The molecule has 188 valence electrons. The molecule has 0 atom stereocenters. The van der Waals surface area contributed by atoms with Crippen LogP contribution in [0, 0.1) is 5.41 Å². The molecule has 0 saturated carbocycles. The first-order chi connectivity index (χ1) is 16.7. The number of ether oxygens (including phenoxy) is 4. The van der Waals surface area contributed by atoms with Crippen molar-refractivity contribution in [3.63, 3.8) is 0 Å². The van der Waals surface area contributed by atoms with Gasteiger partial charge in [-0.15, -0.1) is 5.10 Å². The van der Waals surface area contributed by atoms with Crippen LogP contribution < -0.4 is 24.7 Å². The Labute approximate surface area is 204 Å². The molecule has 1 N–H and O–H groups in total. The van der Waals surface area contributed by atoms with Gasteiger partial charge in [0, 0.05) is 36.5 Å². The second kappa shape index (κ2) is 9.61. The minimum Gasteiger partial charge on any atom is -0.494 e. The number of imidazole rings is 1. The Balaban J connectivity index is 1.76. The number of nitrogens with zero attached hydrogens (tertiary/aromatic N) is 4. The fourth-order valence-corrected chi connectivity index (χ4v) is 4.30. The summed E-state index contributed by atoms with van der Waals surface area (Å²) in [5, 5.41) is 12.9. The predicted molar refractivity (Wildman–Crippen MR) is 131 cm³/mol. The zero-order valence-electron chi connectivity index (χ0n) is 21.2. The van der Waals surface area contributed by atoms with Gasteiger partial charge in [0.1, 0.15) is 5.75 Å². The summed E-state index contributed by atoms with van der Waals surface area (Å²) in [6.45, 7) is 9.00. The molecule has 1 aromatic carbocycles. The van der Waals surface area contributed by atoms with E-state index < -0.39 is 0 Å². The maximum atomic E-state index is 13.5. The Hall–Kier alpha value is -3.53. The standard InChI is InChI=1S/C25H33N5O5/c1-25(2,3)18-11-16(12-19(22(18)33-5)28-7-9-35-10-8-28)20(31)15-29-14-17-13-21(32-4)23(34-6)27-30(17)24(29)26/h11-14,26H,7-10,15H2,1-6H3. The van der Waals surface area contributed by atoms with Crippen molar-refractivity contribution in [2.45, 2.75) is 32.7 Å². The number of ketones is 1. The minimum atomic E-state index is -0.238. The number of Topliss-reactive ketones (excluding diaryl/α,β-unsaturated/α-hetero) is 1. The van der Waals surface area contributed by atoms with Gasteiger partial charge in [0.2, 0.25) is 5.62 Å². The molecule has 10 heteroatoms. The van der Waals surface area contributed by atoms with Gasteiger partial charge in [0.15, 0.2) is 11.5 Å². The van der Waals surface area contributed by atoms with E-state index in [9.17, 15) is 4.79 Å². The van der Waals surface area contributed by atoms with Crippen LogP contribution >= 0.6 is 0 Å². The van der Waals surface area contributed by atoms with E-state index in [1.807, 2.05) is 12.1 Å². The van der Waals surface area contributed by atoms with E-state index >= 15 is 0 Å². The quantitative estimate of drug-likeness (QED) is 0.515. The molecule has 35 heavy (non-hydrogen) atoms. The van der Waals surface area contributed by atoms with Crippen molar-refractivity contribution in [1.29, 1.82) is 5.41 Å². The van der Waals surface area contributed by atoms with Gasteiger partial charge in [-0.2, -0.15) is 4.52 Å². The molecule has 1 fully saturated rings. The summed E-state index contributed by atoms with van der Waals surface area (Å²) in [6.07, 6.45) is 1.71. The number of carbonyl (C=O) groups is 1. The molecule has 0 spiro atoms. The van der Waals surface area contributed by atoms with Crippen molar-refractivity contribution in [1.82, 2.24) is 14.2 Å². The number of anilines is 1. The molecular weight excluding hydrogens is 450 g/mol. The van der Waals surface area contributed by atoms with Crippen molar-refractivity contribution in [3.8, 4) is 17.4 Å². The van der Waals surface area contributed by atoms with Crippen LogP contribution in [0.1, 0.15) is 36.7 Å². The molecule has 0 amide bonds. The van der Waals surface area contributed by atoms with Crippen LogP contribution in [0.4, 0.5) is 5.69 Å². The fourth-order valence-electron chi connectivity index (χ4n) is 4.30. The third-order valence-corrected chi connectivity index (χ3v) is 6.17. The van der Waals surface area contributed by atoms with Gasteiger partial charge in [-0.05, 0) is 17.5 Å². The first kappa shape index (κ1) is 24.6. The minimum absolute atomic E-state index is 0.00864. The van der Waals surface area contributed by atoms with Gasteiger partial charge in [-0.3, -0.25) is 10.2 Å². The number of methoxy groups -OCH3 is 3. The van der Waals surface area contributed by atoms with Crippen LogP contribution in [0.5, 0.6) is 17.4 Å². The molecule has 10 nitrogen and oxygen atoms in total. The highest BCUT2D eigenvalue weighted by atomic mass is 16.5. The van der Waals surface area contributed by atoms with Gasteiger partial charge in [0.05, 0.1) is 52.3 Å². The summed E-state index contributed by atoms with van der Waals surface area (Å²) in [5.74, 6) is 1.39. The van der Waals surface area contributed by atoms with Crippen LogP contribution in [-0.2, 0) is 16.7 Å². The van der Waals surface area contributed by atoms with Crippen molar-refractivity contribution >= 4 is 17.0 Å². The first-order valence-electron chi connectivity index (χ1n) is 11.5. The second-order valence-corrected chi connectivity index (χ2v) is 9.49. The summed E-state index contributed by atoms with van der Waals surface area (Å²) >= 11 is 0. The zero-order valence-corrected chi connectivity index (χ0v) is 21.2. The fraction of sp³-hybridized carbons (Fsp3) is 0.480. The number of hydrogen-bond acceptors (Lipinski definition) is 8. The van der Waals surface area contributed by atoms with Crippen molar-refractivity contribution in [3.05, 3.63) is 41.1 Å². The highest BCUT2D eigenvalue weighted by Gasteiger charge is 2.27. The summed E-state index contributed by atoms with van der Waals surface area (Å²) in [7, 11) is 4.69. The van der Waals surface area contributed by atoms with E-state index in [-0.39, 0.29) is 29.2 Å². The molecule has 1 aliphatic heterocycles. The number of hydrogen-bond donors (Lipinski definition) is 1. The normalized spacial score (nSPS) is 14.3. The van der Waals surface area contributed by atoms with Crippen molar-refractivity contribution < 1.29 is 23.7 Å². The highest BCUT2D eigenvalue weighted by Crippen LogP contribution is 2.40. The van der Waals surface area contributed by atoms with Crippen molar-refractivity contribution in [2.75, 3.05) is 52.5 Å². The number of fused-ring (bicyclic) bond motifs is 1. The molecule has 0 radical (unpaired) electrons. The number of morpholine rings is 1. The van der Waals surface area contributed by atoms with Crippen LogP contribution in [-0.4, -0.2) is 67.6 Å². The zero-order chi connectivity index (χ0) is 25.3. The number of nitrogens with one attached hydrogen (secondary N) is 1. The van der Waals surface area contributed by atoms with Gasteiger partial charge >= 0.3 is 0 Å². The Bertz CT molecular complexity index is 1300. The average Bonchev–Trinajstić information content (AvgIpc) is 3.15. The Morgan fingerprint density at radius 3 is 2.40 bits per heavy atom. The lowest BCUT2D eigenvalue weighted by Crippen LogP contribution is -2.37. The smallest absolute Gasteiger partial charge is 0.274 e. The molecule has 1 saturated heterocycles. The van der Waals surface area contributed by atoms with Gasteiger partial charge in [0.25, 0.3) is 5.88 Å². The Morgan fingerprint density at radius 2 is 1.80 bits per heavy atom. The lowest BCUT2D eigenvalue weighted by Gasteiger charge is -2.33. The van der Waals surface area contributed by atoms with Crippen molar-refractivity contribution in [2.24, 2.45) is 0 Å². The topological polar surface area (TPSA) is 103 Å². The highest BCUT2D eigenvalue weighted by molar-refractivity contribution is 5.98. The molecule has 0 unspecified atom stereocenters. The molecule has 0 bridgehead atoms.